The van der Waals surface area contributed by atoms with Gasteiger partial charge in [0, 0.05) is 17.5 Å². The lowest BCUT2D eigenvalue weighted by Gasteiger charge is -2.11. The molecular weight excluding hydrogens is 369 g/mol. The Bertz CT molecular complexity index is 975. The summed E-state index contributed by atoms with van der Waals surface area (Å²) in [4.78, 5) is 11.8. The van der Waals surface area contributed by atoms with E-state index in [1.165, 1.54) is 0 Å². The molecule has 0 heterocycles. The highest BCUT2D eigenvalue weighted by Gasteiger charge is 2.20. The molecule has 138 valence electrons. The molecule has 0 unspecified atom stereocenters. The van der Waals surface area contributed by atoms with Gasteiger partial charge < -0.3 is 5.32 Å². The van der Waals surface area contributed by atoms with E-state index in [0.29, 0.717) is 6.42 Å². The van der Waals surface area contributed by atoms with Gasteiger partial charge in [-0.2, -0.15) is 0 Å². The van der Waals surface area contributed by atoms with Crippen molar-refractivity contribution in [2.75, 3.05) is 5.32 Å². The summed E-state index contributed by atoms with van der Waals surface area (Å²) in [5.41, 5.74) is -0.458. The maximum Gasteiger partial charge on any atom is 0.261 e. The number of nitrogens with one attached hydrogen (secondary N) is 2. The number of rotatable bonds is 6. The monoisotopic (exact) mass is 384 g/mol. The molecule has 26 heavy (non-hydrogen) atoms. The zero-order valence-corrected chi connectivity index (χ0v) is 14.5. The van der Waals surface area contributed by atoms with Crippen LogP contribution in [0.3, 0.4) is 0 Å². The quantitative estimate of drug-likeness (QED) is 0.800. The third-order valence-corrected chi connectivity index (χ3v) is 4.81. The maximum absolute atomic E-state index is 14.0. The SMILES string of the molecule is C=C(CC)NS(=O)(=O)c1ccc(F)c(C(=O)Nc2ccc(F)c(F)c2)c1. The second-order valence-electron chi connectivity index (χ2n) is 5.29. The Morgan fingerprint density at radius 2 is 1.69 bits per heavy atom. The highest BCUT2D eigenvalue weighted by molar-refractivity contribution is 7.89. The molecule has 0 aliphatic heterocycles. The summed E-state index contributed by atoms with van der Waals surface area (Å²) in [6, 6.07) is 5.26. The van der Waals surface area contributed by atoms with Crippen LogP contribution in [0.5, 0.6) is 0 Å². The van der Waals surface area contributed by atoms with Crippen LogP contribution in [-0.2, 0) is 10.0 Å². The molecule has 2 N–H and O–H groups in total. The number of hydrogen-bond acceptors (Lipinski definition) is 3. The van der Waals surface area contributed by atoms with Crippen LogP contribution in [0.15, 0.2) is 53.6 Å². The third kappa shape index (κ3) is 4.42. The standard InChI is InChI=1S/C17H15F3N2O3S/c1-3-10(2)22-26(24,25)12-5-7-14(18)13(9-12)17(23)21-11-4-6-15(19)16(20)8-11/h4-9,22H,2-3H2,1H3,(H,21,23). The van der Waals surface area contributed by atoms with Gasteiger partial charge in [0.2, 0.25) is 0 Å². The predicted molar refractivity (Wildman–Crippen MR) is 90.5 cm³/mol. The zero-order chi connectivity index (χ0) is 19.5. The van der Waals surface area contributed by atoms with Crippen molar-refractivity contribution in [2.45, 2.75) is 18.2 Å². The van der Waals surface area contributed by atoms with E-state index in [1.54, 1.807) is 6.92 Å². The van der Waals surface area contributed by atoms with Gasteiger partial charge in [0.1, 0.15) is 5.82 Å². The van der Waals surface area contributed by atoms with Crippen molar-refractivity contribution >= 4 is 21.6 Å². The summed E-state index contributed by atoms with van der Waals surface area (Å²) in [5, 5.41) is 2.18. The molecule has 0 bridgehead atoms. The van der Waals surface area contributed by atoms with Crippen molar-refractivity contribution in [3.8, 4) is 0 Å². The number of hydrogen-bond donors (Lipinski definition) is 2. The van der Waals surface area contributed by atoms with Crippen molar-refractivity contribution < 1.29 is 26.4 Å². The van der Waals surface area contributed by atoms with Gasteiger partial charge in [-0.3, -0.25) is 9.52 Å². The van der Waals surface area contributed by atoms with E-state index in [4.69, 9.17) is 0 Å². The fourth-order valence-electron chi connectivity index (χ4n) is 1.94. The van der Waals surface area contributed by atoms with Crippen molar-refractivity contribution in [3.63, 3.8) is 0 Å². The van der Waals surface area contributed by atoms with E-state index in [0.717, 1.165) is 36.4 Å². The summed E-state index contributed by atoms with van der Waals surface area (Å²) in [7, 11) is -4.04. The molecule has 5 nitrogen and oxygen atoms in total. The number of carbonyl (C=O) groups is 1. The van der Waals surface area contributed by atoms with Crippen LogP contribution < -0.4 is 10.0 Å². The average molecular weight is 384 g/mol. The topological polar surface area (TPSA) is 75.3 Å². The Hall–Kier alpha value is -2.81. The van der Waals surface area contributed by atoms with Crippen LogP contribution in [0.2, 0.25) is 0 Å². The molecule has 2 rings (SSSR count). The van der Waals surface area contributed by atoms with Gasteiger partial charge in [-0.15, -0.1) is 0 Å². The van der Waals surface area contributed by atoms with Gasteiger partial charge in [0.15, 0.2) is 11.6 Å². The predicted octanol–water partition coefficient (Wildman–Crippen LogP) is 3.56. The molecule has 0 atom stereocenters. The molecule has 0 aliphatic carbocycles. The number of amides is 1. The summed E-state index contributed by atoms with van der Waals surface area (Å²) in [6.07, 6.45) is 0.351. The van der Waals surface area contributed by atoms with E-state index in [9.17, 15) is 26.4 Å². The van der Waals surface area contributed by atoms with Crippen LogP contribution in [0, 0.1) is 17.5 Å². The lowest BCUT2D eigenvalue weighted by atomic mass is 10.2. The Kier molecular flexibility index (Phi) is 5.71. The van der Waals surface area contributed by atoms with Crippen LogP contribution in [0.4, 0.5) is 18.9 Å². The first kappa shape index (κ1) is 19.5. The van der Waals surface area contributed by atoms with Crippen molar-refractivity contribution in [3.05, 3.63) is 71.7 Å². The third-order valence-electron chi connectivity index (χ3n) is 3.38. The number of sulfonamides is 1. The first-order valence-electron chi connectivity index (χ1n) is 7.40. The minimum atomic E-state index is -4.04. The van der Waals surface area contributed by atoms with E-state index in [1.807, 2.05) is 0 Å². The van der Waals surface area contributed by atoms with E-state index < -0.39 is 38.9 Å². The number of allylic oxidation sites excluding steroid dienone is 1. The molecule has 2 aromatic carbocycles. The first-order chi connectivity index (χ1) is 12.1. The molecule has 0 aromatic heterocycles. The second kappa shape index (κ2) is 7.61. The molecule has 9 heteroatoms. The maximum atomic E-state index is 14.0. The Morgan fingerprint density at radius 3 is 2.31 bits per heavy atom. The van der Waals surface area contributed by atoms with Crippen LogP contribution >= 0.6 is 0 Å². The van der Waals surface area contributed by atoms with E-state index in [2.05, 4.69) is 16.6 Å². The van der Waals surface area contributed by atoms with Gasteiger partial charge in [0.25, 0.3) is 15.9 Å². The minimum absolute atomic E-state index is 0.112. The van der Waals surface area contributed by atoms with Crippen molar-refractivity contribution in [2.24, 2.45) is 0 Å². The van der Waals surface area contributed by atoms with Gasteiger partial charge >= 0.3 is 0 Å². The van der Waals surface area contributed by atoms with Crippen LogP contribution in [0.25, 0.3) is 0 Å². The highest BCUT2D eigenvalue weighted by atomic mass is 32.2. The fraction of sp³-hybridized carbons (Fsp3) is 0.118. The van der Waals surface area contributed by atoms with E-state index >= 15 is 0 Å². The van der Waals surface area contributed by atoms with Crippen LogP contribution in [-0.4, -0.2) is 14.3 Å². The minimum Gasteiger partial charge on any atom is -0.322 e. The van der Waals surface area contributed by atoms with Crippen molar-refractivity contribution in [1.29, 1.82) is 0 Å². The molecule has 0 saturated carbocycles. The van der Waals surface area contributed by atoms with Gasteiger partial charge in [-0.1, -0.05) is 13.5 Å². The fourth-order valence-corrected chi connectivity index (χ4v) is 3.10. The Morgan fingerprint density at radius 1 is 1.04 bits per heavy atom. The summed E-state index contributed by atoms with van der Waals surface area (Å²) in [6.45, 7) is 5.21. The number of halogens is 3. The second-order valence-corrected chi connectivity index (χ2v) is 6.97. The smallest absolute Gasteiger partial charge is 0.261 e. The van der Waals surface area contributed by atoms with Gasteiger partial charge in [-0.25, -0.2) is 21.6 Å². The molecule has 0 aliphatic rings. The van der Waals surface area contributed by atoms with Crippen LogP contribution in [0.1, 0.15) is 23.7 Å². The van der Waals surface area contributed by atoms with Gasteiger partial charge in [-0.05, 0) is 36.8 Å². The summed E-state index contributed by atoms with van der Waals surface area (Å²) < 4.78 is 66.7. The molecule has 2 aromatic rings. The molecule has 1 amide bonds. The largest absolute Gasteiger partial charge is 0.322 e. The molecule has 0 radical (unpaired) electrons. The Labute approximate surface area is 148 Å². The summed E-state index contributed by atoms with van der Waals surface area (Å²) in [5.74, 6) is -4.29. The normalized spacial score (nSPS) is 11.1. The summed E-state index contributed by atoms with van der Waals surface area (Å²) >= 11 is 0. The zero-order valence-electron chi connectivity index (χ0n) is 13.6. The molecule has 0 spiro atoms. The molecular formula is C17H15F3N2O3S. The Balaban J connectivity index is 2.32. The lowest BCUT2D eigenvalue weighted by Crippen LogP contribution is -2.23. The lowest BCUT2D eigenvalue weighted by molar-refractivity contribution is 0.102. The highest BCUT2D eigenvalue weighted by Crippen LogP contribution is 2.19. The number of benzene rings is 2. The van der Waals surface area contributed by atoms with Gasteiger partial charge in [0.05, 0.1) is 10.5 Å². The number of anilines is 1. The van der Waals surface area contributed by atoms with Crippen molar-refractivity contribution in [1.82, 2.24) is 4.72 Å². The van der Waals surface area contributed by atoms with E-state index in [-0.39, 0.29) is 16.3 Å². The molecule has 0 fully saturated rings. The molecule has 0 saturated heterocycles. The average Bonchev–Trinajstić information content (AvgIpc) is 2.57. The first-order valence-corrected chi connectivity index (χ1v) is 8.89. The number of carbonyl (C=O) groups excluding carboxylic acids is 1.